The van der Waals surface area contributed by atoms with E-state index in [2.05, 4.69) is 27.8 Å². The molecule has 2 rings (SSSR count). The number of aromatic hydroxyl groups is 1. The number of ether oxygens (including phenoxy) is 1. The van der Waals surface area contributed by atoms with Gasteiger partial charge in [-0.25, -0.2) is 0 Å². The van der Waals surface area contributed by atoms with Gasteiger partial charge in [-0.1, -0.05) is 0 Å². The van der Waals surface area contributed by atoms with Crippen LogP contribution in [0.3, 0.4) is 0 Å². The van der Waals surface area contributed by atoms with Crippen molar-refractivity contribution in [1.82, 2.24) is 4.90 Å². The Morgan fingerprint density at radius 2 is 2.10 bits per heavy atom. The van der Waals surface area contributed by atoms with Crippen LogP contribution in [-0.2, 0) is 6.54 Å². The third-order valence-electron chi connectivity index (χ3n) is 4.09. The number of nitrogens with zero attached hydrogens (tertiary/aromatic N) is 1. The van der Waals surface area contributed by atoms with Gasteiger partial charge in [0.25, 0.3) is 0 Å². The minimum absolute atomic E-state index is 0.159. The molecule has 0 spiro atoms. The molecule has 1 heterocycles. The Bertz CT molecular complexity index is 457. The molecule has 1 aromatic rings. The van der Waals surface area contributed by atoms with Crippen LogP contribution in [0.2, 0.25) is 0 Å². The molecule has 0 bridgehead atoms. The zero-order valence-electron chi connectivity index (χ0n) is 12.1. The molecule has 20 heavy (non-hydrogen) atoms. The van der Waals surface area contributed by atoms with Crippen molar-refractivity contribution in [3.8, 4) is 11.5 Å². The van der Waals surface area contributed by atoms with Gasteiger partial charge in [0.05, 0.1) is 11.6 Å². The summed E-state index contributed by atoms with van der Waals surface area (Å²) in [7, 11) is 1.57. The first-order chi connectivity index (χ1) is 9.51. The van der Waals surface area contributed by atoms with E-state index in [1.807, 2.05) is 12.1 Å². The first kappa shape index (κ1) is 15.6. The number of hydrogen-bond acceptors (Lipinski definition) is 4. The summed E-state index contributed by atoms with van der Waals surface area (Å²) in [6.07, 6.45) is 2.32. The lowest BCUT2D eigenvalue weighted by atomic mass is 9.91. The van der Waals surface area contributed by atoms with Gasteiger partial charge in [0.1, 0.15) is 0 Å². The van der Waals surface area contributed by atoms with Gasteiger partial charge in [0.15, 0.2) is 11.5 Å². The monoisotopic (exact) mass is 342 g/mol. The van der Waals surface area contributed by atoms with E-state index in [1.54, 1.807) is 7.11 Å². The molecular weight excluding hydrogens is 320 g/mol. The molecule has 1 aliphatic rings. The van der Waals surface area contributed by atoms with Crippen LogP contribution >= 0.6 is 15.9 Å². The molecule has 5 heteroatoms. The standard InChI is InChI=1S/C15H23BrN2O2/c1-10(17)12-3-5-18(6-4-12)9-11-7-13(16)15(19)14(8-11)20-2/h7-8,10,12,19H,3-6,9,17H2,1-2H3. The van der Waals surface area contributed by atoms with Crippen LogP contribution in [0.5, 0.6) is 11.5 Å². The van der Waals surface area contributed by atoms with Gasteiger partial charge in [-0.05, 0) is 72.4 Å². The summed E-state index contributed by atoms with van der Waals surface area (Å²) in [5.41, 5.74) is 7.11. The predicted octanol–water partition coefficient (Wildman–Crippen LogP) is 2.72. The number of phenols is 1. The summed E-state index contributed by atoms with van der Waals surface area (Å²) < 4.78 is 5.87. The molecule has 4 nitrogen and oxygen atoms in total. The molecule has 1 saturated heterocycles. The second-order valence-corrected chi connectivity index (χ2v) is 6.46. The molecule has 1 atom stereocenters. The second-order valence-electron chi connectivity index (χ2n) is 5.60. The van der Waals surface area contributed by atoms with Crippen LogP contribution in [0.4, 0.5) is 0 Å². The van der Waals surface area contributed by atoms with Crippen LogP contribution < -0.4 is 10.5 Å². The molecule has 1 aliphatic heterocycles. The summed E-state index contributed by atoms with van der Waals surface area (Å²) in [6, 6.07) is 4.15. The van der Waals surface area contributed by atoms with E-state index >= 15 is 0 Å². The van der Waals surface area contributed by atoms with Crippen molar-refractivity contribution in [3.05, 3.63) is 22.2 Å². The Hall–Kier alpha value is -0.780. The number of phenolic OH excluding ortho intramolecular Hbond substituents is 1. The van der Waals surface area contributed by atoms with E-state index in [0.29, 0.717) is 22.2 Å². The van der Waals surface area contributed by atoms with E-state index in [1.165, 1.54) is 0 Å². The van der Waals surface area contributed by atoms with Gasteiger partial charge >= 0.3 is 0 Å². The average molecular weight is 343 g/mol. The summed E-state index contributed by atoms with van der Waals surface area (Å²) in [5, 5.41) is 9.82. The minimum atomic E-state index is 0.159. The van der Waals surface area contributed by atoms with E-state index < -0.39 is 0 Å². The quantitative estimate of drug-likeness (QED) is 0.883. The van der Waals surface area contributed by atoms with Crippen LogP contribution in [-0.4, -0.2) is 36.2 Å². The van der Waals surface area contributed by atoms with Gasteiger partial charge in [0, 0.05) is 12.6 Å². The SMILES string of the molecule is COc1cc(CN2CCC(C(C)N)CC2)cc(Br)c1O. The zero-order valence-corrected chi connectivity index (χ0v) is 13.7. The Morgan fingerprint density at radius 3 is 2.65 bits per heavy atom. The second kappa shape index (κ2) is 6.78. The van der Waals surface area contributed by atoms with E-state index in [0.717, 1.165) is 38.0 Å². The Balaban J connectivity index is 1.99. The highest BCUT2D eigenvalue weighted by Crippen LogP contribution is 2.35. The molecule has 0 radical (unpaired) electrons. The highest BCUT2D eigenvalue weighted by atomic mass is 79.9. The van der Waals surface area contributed by atoms with Gasteiger partial charge in [-0.3, -0.25) is 4.90 Å². The van der Waals surface area contributed by atoms with Crippen LogP contribution in [0, 0.1) is 5.92 Å². The van der Waals surface area contributed by atoms with Gasteiger partial charge in [0.2, 0.25) is 0 Å². The normalized spacial score (nSPS) is 19.0. The van der Waals surface area contributed by atoms with Gasteiger partial charge in [-0.15, -0.1) is 0 Å². The number of methoxy groups -OCH3 is 1. The smallest absolute Gasteiger partial charge is 0.172 e. The Labute approximate surface area is 129 Å². The number of nitrogens with two attached hydrogens (primary N) is 1. The minimum Gasteiger partial charge on any atom is -0.503 e. The lowest BCUT2D eigenvalue weighted by Gasteiger charge is -2.33. The van der Waals surface area contributed by atoms with Crippen molar-refractivity contribution in [1.29, 1.82) is 0 Å². The van der Waals surface area contributed by atoms with Crippen LogP contribution in [0.25, 0.3) is 0 Å². The molecule has 1 unspecified atom stereocenters. The predicted molar refractivity (Wildman–Crippen MR) is 84.0 cm³/mol. The fourth-order valence-electron chi connectivity index (χ4n) is 2.77. The van der Waals surface area contributed by atoms with E-state index in [4.69, 9.17) is 10.5 Å². The lowest BCUT2D eigenvalue weighted by molar-refractivity contribution is 0.165. The molecule has 3 N–H and O–H groups in total. The maximum atomic E-state index is 9.82. The number of halogens is 1. The van der Waals surface area contributed by atoms with Crippen molar-refractivity contribution in [2.24, 2.45) is 11.7 Å². The fraction of sp³-hybridized carbons (Fsp3) is 0.600. The third kappa shape index (κ3) is 3.65. The molecule has 0 amide bonds. The topological polar surface area (TPSA) is 58.7 Å². The molecule has 1 aromatic carbocycles. The number of likely N-dealkylation sites (tertiary alicyclic amines) is 1. The van der Waals surface area contributed by atoms with Crippen molar-refractivity contribution in [2.45, 2.75) is 32.4 Å². The third-order valence-corrected chi connectivity index (χ3v) is 4.69. The molecule has 0 aliphatic carbocycles. The summed E-state index contributed by atoms with van der Waals surface area (Å²) in [4.78, 5) is 2.43. The Morgan fingerprint density at radius 1 is 1.45 bits per heavy atom. The van der Waals surface area contributed by atoms with Crippen molar-refractivity contribution in [3.63, 3.8) is 0 Å². The molecule has 112 valence electrons. The summed E-state index contributed by atoms with van der Waals surface area (Å²) >= 11 is 3.37. The summed E-state index contributed by atoms with van der Waals surface area (Å²) in [6.45, 7) is 5.13. The number of hydrogen-bond donors (Lipinski definition) is 2. The van der Waals surface area contributed by atoms with Crippen molar-refractivity contribution < 1.29 is 9.84 Å². The zero-order chi connectivity index (χ0) is 14.7. The fourth-order valence-corrected chi connectivity index (χ4v) is 3.26. The lowest BCUT2D eigenvalue weighted by Crippen LogP contribution is -2.39. The van der Waals surface area contributed by atoms with Crippen molar-refractivity contribution >= 4 is 15.9 Å². The maximum absolute atomic E-state index is 9.82. The average Bonchev–Trinajstić information content (AvgIpc) is 2.43. The van der Waals surface area contributed by atoms with Crippen LogP contribution in [0.1, 0.15) is 25.3 Å². The van der Waals surface area contributed by atoms with Gasteiger partial charge < -0.3 is 15.6 Å². The van der Waals surface area contributed by atoms with E-state index in [9.17, 15) is 5.11 Å². The van der Waals surface area contributed by atoms with Crippen molar-refractivity contribution in [2.75, 3.05) is 20.2 Å². The highest BCUT2D eigenvalue weighted by molar-refractivity contribution is 9.10. The van der Waals surface area contributed by atoms with Crippen LogP contribution in [0.15, 0.2) is 16.6 Å². The Kier molecular flexibility index (Phi) is 5.29. The highest BCUT2D eigenvalue weighted by Gasteiger charge is 2.22. The first-order valence-corrected chi connectivity index (χ1v) is 7.84. The maximum Gasteiger partial charge on any atom is 0.172 e. The number of rotatable bonds is 4. The molecule has 0 aromatic heterocycles. The van der Waals surface area contributed by atoms with Gasteiger partial charge in [-0.2, -0.15) is 0 Å². The molecule has 1 fully saturated rings. The first-order valence-electron chi connectivity index (χ1n) is 7.04. The number of benzene rings is 1. The molecule has 0 saturated carbocycles. The summed E-state index contributed by atoms with van der Waals surface area (Å²) in [5.74, 6) is 1.32. The number of piperidine rings is 1. The largest absolute Gasteiger partial charge is 0.503 e. The van der Waals surface area contributed by atoms with E-state index in [-0.39, 0.29) is 5.75 Å². The molecular formula is C15H23BrN2O2.